The van der Waals surface area contributed by atoms with Crippen LogP contribution in [0.25, 0.3) is 0 Å². The Bertz CT molecular complexity index is 614. The van der Waals surface area contributed by atoms with Gasteiger partial charge in [-0.1, -0.05) is 30.1 Å². The minimum absolute atomic E-state index is 0.121. The number of rotatable bonds is 5. The Balaban J connectivity index is 2.13. The molecule has 2 rings (SSSR count). The van der Waals surface area contributed by atoms with Gasteiger partial charge in [-0.05, 0) is 24.9 Å². The zero-order valence-electron chi connectivity index (χ0n) is 10.8. The van der Waals surface area contributed by atoms with Crippen molar-refractivity contribution in [1.29, 1.82) is 0 Å². The molecule has 0 bridgehead atoms. The first kappa shape index (κ1) is 15.4. The van der Waals surface area contributed by atoms with Crippen LogP contribution in [-0.2, 0) is 16.1 Å². The molecule has 1 amide bonds. The molecule has 0 saturated heterocycles. The Morgan fingerprint density at radius 2 is 2.10 bits per heavy atom. The summed E-state index contributed by atoms with van der Waals surface area (Å²) in [6.07, 6.45) is 1.11. The third-order valence-corrected chi connectivity index (χ3v) is 4.09. The van der Waals surface area contributed by atoms with Gasteiger partial charge in [0.25, 0.3) is 0 Å². The monoisotopic (exact) mass is 332 g/mol. The van der Waals surface area contributed by atoms with E-state index in [2.05, 4.69) is 14.0 Å². The quantitative estimate of drug-likeness (QED) is 0.866. The van der Waals surface area contributed by atoms with Crippen LogP contribution < -0.4 is 11.1 Å². The number of hydrogen-bond donors (Lipinski definition) is 2. The van der Waals surface area contributed by atoms with E-state index >= 15 is 0 Å². The van der Waals surface area contributed by atoms with Crippen LogP contribution in [0, 0.1) is 5.92 Å². The van der Waals surface area contributed by atoms with Gasteiger partial charge >= 0.3 is 0 Å². The molecule has 0 aliphatic carbocycles. The maximum atomic E-state index is 11.9. The van der Waals surface area contributed by atoms with Gasteiger partial charge in [-0.2, -0.15) is 8.73 Å². The summed E-state index contributed by atoms with van der Waals surface area (Å²) >= 11 is 13.2. The molecule has 20 heavy (non-hydrogen) atoms. The van der Waals surface area contributed by atoms with E-state index in [0.29, 0.717) is 46.0 Å². The number of halogens is 2. The molecule has 0 saturated carbocycles. The second-order valence-corrected chi connectivity index (χ2v) is 5.95. The average molecular weight is 333 g/mol. The van der Waals surface area contributed by atoms with Gasteiger partial charge < -0.3 is 11.1 Å². The maximum absolute atomic E-state index is 11.9. The van der Waals surface area contributed by atoms with Crippen LogP contribution in [0.1, 0.15) is 19.8 Å². The van der Waals surface area contributed by atoms with E-state index < -0.39 is 0 Å². The van der Waals surface area contributed by atoms with Crippen molar-refractivity contribution < 1.29 is 4.79 Å². The van der Waals surface area contributed by atoms with Gasteiger partial charge in [0.2, 0.25) is 5.91 Å². The molecular weight excluding hydrogens is 319 g/mol. The van der Waals surface area contributed by atoms with E-state index in [-0.39, 0.29) is 5.91 Å². The molecule has 108 valence electrons. The van der Waals surface area contributed by atoms with Crippen LogP contribution in [0.3, 0.4) is 0 Å². The van der Waals surface area contributed by atoms with Gasteiger partial charge in [0.15, 0.2) is 0 Å². The highest BCUT2D eigenvalue weighted by Crippen LogP contribution is 2.47. The molecule has 5 nitrogen and oxygen atoms in total. The fourth-order valence-corrected chi connectivity index (χ4v) is 2.85. The van der Waals surface area contributed by atoms with Crippen LogP contribution >= 0.6 is 23.2 Å². The number of nitrogens with two attached hydrogens (primary N) is 1. The van der Waals surface area contributed by atoms with Gasteiger partial charge in [-0.15, -0.1) is 0 Å². The number of carbonyl (C=O) groups is 1. The van der Waals surface area contributed by atoms with Gasteiger partial charge in [0, 0.05) is 6.42 Å². The van der Waals surface area contributed by atoms with Crippen molar-refractivity contribution in [3.8, 4) is 0 Å². The van der Waals surface area contributed by atoms with Gasteiger partial charge in [-0.3, -0.25) is 4.79 Å². The van der Waals surface area contributed by atoms with Crippen molar-refractivity contribution in [3.05, 3.63) is 16.1 Å². The number of nitrogens with zero attached hydrogens (tertiary/aromatic N) is 2. The summed E-state index contributed by atoms with van der Waals surface area (Å²) in [5, 5.41) is 3.56. The Morgan fingerprint density at radius 1 is 1.40 bits per heavy atom. The zero-order valence-corrected chi connectivity index (χ0v) is 13.1. The number of fused-ring (bicyclic) bond motifs is 1. The molecule has 1 aromatic rings. The second kappa shape index (κ2) is 6.67. The predicted octanol–water partition coefficient (Wildman–Crippen LogP) is 4.03. The van der Waals surface area contributed by atoms with Crippen molar-refractivity contribution in [2.45, 2.75) is 19.8 Å². The van der Waals surface area contributed by atoms with Crippen LogP contribution in [0.5, 0.6) is 0 Å². The largest absolute Gasteiger partial charge is 0.330 e. The third kappa shape index (κ3) is 3.38. The lowest BCUT2D eigenvalue weighted by atomic mass is 10.1. The fourth-order valence-electron chi connectivity index (χ4n) is 1.69. The molecule has 1 heterocycles. The maximum Gasteiger partial charge on any atom is 0.224 e. The van der Waals surface area contributed by atoms with Gasteiger partial charge in [-0.25, -0.2) is 0 Å². The highest BCUT2D eigenvalue weighted by Gasteiger charge is 2.20. The summed E-state index contributed by atoms with van der Waals surface area (Å²) in [5.41, 5.74) is 7.06. The summed E-state index contributed by atoms with van der Waals surface area (Å²) in [6.45, 7) is 2.57. The number of carbonyl (C=O) groups excluding carboxylic acids is 1. The van der Waals surface area contributed by atoms with E-state index in [1.165, 1.54) is 0 Å². The zero-order chi connectivity index (χ0) is 14.7. The molecule has 8 heteroatoms. The number of hydrogen-bond acceptors (Lipinski definition) is 4. The van der Waals surface area contributed by atoms with Crippen molar-refractivity contribution in [2.75, 3.05) is 11.9 Å². The second-order valence-electron chi connectivity index (χ2n) is 4.60. The molecule has 0 spiro atoms. The Morgan fingerprint density at radius 3 is 2.80 bits per heavy atom. The molecule has 1 aliphatic rings. The summed E-state index contributed by atoms with van der Waals surface area (Å²) in [6, 6.07) is 1.56. The fraction of sp³-hybridized carbons (Fsp3) is 0.417. The first-order valence-electron chi connectivity index (χ1n) is 6.13. The van der Waals surface area contributed by atoms with Crippen LogP contribution in [0.2, 0.25) is 10.0 Å². The third-order valence-electron chi connectivity index (χ3n) is 2.97. The summed E-state index contributed by atoms with van der Waals surface area (Å²) < 4.78 is 8.22. The Kier molecular flexibility index (Phi) is 5.15. The first-order valence-corrected chi connectivity index (χ1v) is 7.61. The highest BCUT2D eigenvalue weighted by atomic mass is 35.5. The highest BCUT2D eigenvalue weighted by molar-refractivity contribution is 7.58. The summed E-state index contributed by atoms with van der Waals surface area (Å²) in [7, 11) is 0. The van der Waals surface area contributed by atoms with E-state index in [1.54, 1.807) is 6.07 Å². The van der Waals surface area contributed by atoms with Crippen molar-refractivity contribution >= 4 is 57.5 Å². The van der Waals surface area contributed by atoms with E-state index in [0.717, 1.165) is 17.8 Å². The molecule has 0 radical (unpaired) electrons. The standard InChI is InChI=1S/C12H14Cl2N4OS/c1-6(5-15)2-3-9(19)16-10-7(13)4-8(14)11-12(10)18-20-17-11/h4,6H,2-3,5,15H2,1H3,(H,16,19). The minimum atomic E-state index is -0.121. The molecular formula is C12H14Cl2N4OS. The molecule has 1 aromatic carbocycles. The van der Waals surface area contributed by atoms with Crippen LogP contribution in [0.4, 0.5) is 17.1 Å². The lowest BCUT2D eigenvalue weighted by molar-refractivity contribution is -0.116. The van der Waals surface area contributed by atoms with Gasteiger partial charge in [0.05, 0.1) is 27.1 Å². The normalized spacial score (nSPS) is 13.8. The number of benzene rings is 1. The van der Waals surface area contributed by atoms with Crippen LogP contribution in [-0.4, -0.2) is 12.5 Å². The molecule has 1 unspecified atom stereocenters. The first-order chi connectivity index (χ1) is 9.52. The van der Waals surface area contributed by atoms with Crippen molar-refractivity contribution in [2.24, 2.45) is 20.4 Å². The summed E-state index contributed by atoms with van der Waals surface area (Å²) in [5.74, 6) is 0.186. The van der Waals surface area contributed by atoms with Crippen LogP contribution in [0.15, 0.2) is 14.8 Å². The SMILES string of the molecule is CC(CN)CCC(=O)Nc1c(Cl)cc(Cl)c2c1N=S=N2. The topological polar surface area (TPSA) is 79.8 Å². The molecule has 1 aliphatic heterocycles. The smallest absolute Gasteiger partial charge is 0.224 e. The lowest BCUT2D eigenvalue weighted by Gasteiger charge is -2.12. The molecule has 0 fully saturated rings. The van der Waals surface area contributed by atoms with Crippen molar-refractivity contribution in [1.82, 2.24) is 0 Å². The Labute approximate surface area is 130 Å². The predicted molar refractivity (Wildman–Crippen MR) is 84.1 cm³/mol. The van der Waals surface area contributed by atoms with E-state index in [4.69, 9.17) is 28.9 Å². The average Bonchev–Trinajstić information content (AvgIpc) is 2.90. The molecule has 0 aromatic heterocycles. The summed E-state index contributed by atoms with van der Waals surface area (Å²) in [4.78, 5) is 11.9. The van der Waals surface area contributed by atoms with E-state index in [1.807, 2.05) is 6.92 Å². The minimum Gasteiger partial charge on any atom is -0.330 e. The molecule has 1 atom stereocenters. The molecule has 3 N–H and O–H groups in total. The Hall–Kier alpha value is -0.950. The number of anilines is 1. The number of amides is 1. The lowest BCUT2D eigenvalue weighted by Crippen LogP contribution is -2.16. The number of nitrogens with one attached hydrogen (secondary N) is 1. The van der Waals surface area contributed by atoms with E-state index in [9.17, 15) is 4.79 Å². The van der Waals surface area contributed by atoms with Crippen molar-refractivity contribution in [3.63, 3.8) is 0 Å². The van der Waals surface area contributed by atoms with Gasteiger partial charge in [0.1, 0.15) is 11.4 Å².